The molecule has 3 aromatic heterocycles. The molecule has 0 atom stereocenters. The summed E-state index contributed by atoms with van der Waals surface area (Å²) in [4.78, 5) is 31.2. The van der Waals surface area contributed by atoms with Gasteiger partial charge in [0.05, 0.1) is 12.8 Å². The number of fused-ring (bicyclic) bond motifs is 3. The highest BCUT2D eigenvalue weighted by atomic mass is 32.1. The number of nitrogens with one attached hydrogen (secondary N) is 1. The molecule has 0 unspecified atom stereocenters. The Hall–Kier alpha value is -2.41. The van der Waals surface area contributed by atoms with Gasteiger partial charge in [0.1, 0.15) is 11.3 Å². The summed E-state index contributed by atoms with van der Waals surface area (Å²) in [5, 5.41) is 2.70. The number of carbonyl (C=O) groups excluding carboxylic acids is 1. The molecule has 1 amide bonds. The first kappa shape index (κ1) is 14.2. The Labute approximate surface area is 135 Å². The van der Waals surface area contributed by atoms with E-state index in [0.29, 0.717) is 10.7 Å². The SMILES string of the molecule is O=C(NCc1ccco1)c1cnc2sc3c(n2c1=O)CCCC3. The van der Waals surface area contributed by atoms with E-state index in [9.17, 15) is 9.59 Å². The Morgan fingerprint density at radius 3 is 3.09 bits per heavy atom. The number of furan rings is 1. The first-order chi connectivity index (χ1) is 11.2. The maximum Gasteiger partial charge on any atom is 0.271 e. The molecule has 0 bridgehead atoms. The zero-order valence-electron chi connectivity index (χ0n) is 12.4. The van der Waals surface area contributed by atoms with Gasteiger partial charge in [0.25, 0.3) is 11.5 Å². The molecule has 23 heavy (non-hydrogen) atoms. The molecular weight excluding hydrogens is 314 g/mol. The van der Waals surface area contributed by atoms with Crippen LogP contribution < -0.4 is 10.9 Å². The van der Waals surface area contributed by atoms with E-state index in [2.05, 4.69) is 10.3 Å². The monoisotopic (exact) mass is 329 g/mol. The van der Waals surface area contributed by atoms with Crippen molar-refractivity contribution in [2.45, 2.75) is 32.2 Å². The van der Waals surface area contributed by atoms with Crippen molar-refractivity contribution >= 4 is 22.2 Å². The zero-order valence-corrected chi connectivity index (χ0v) is 13.2. The molecule has 1 aliphatic carbocycles. The summed E-state index contributed by atoms with van der Waals surface area (Å²) >= 11 is 1.55. The minimum atomic E-state index is -0.427. The van der Waals surface area contributed by atoms with E-state index in [1.807, 2.05) is 0 Å². The van der Waals surface area contributed by atoms with Gasteiger partial charge in [-0.1, -0.05) is 0 Å². The molecule has 0 spiro atoms. The van der Waals surface area contributed by atoms with Crippen molar-refractivity contribution < 1.29 is 9.21 Å². The average Bonchev–Trinajstić information content (AvgIpc) is 3.20. The molecule has 1 N–H and O–H groups in total. The lowest BCUT2D eigenvalue weighted by Gasteiger charge is -2.10. The van der Waals surface area contributed by atoms with E-state index in [1.54, 1.807) is 34.1 Å². The van der Waals surface area contributed by atoms with Crippen molar-refractivity contribution in [3.63, 3.8) is 0 Å². The van der Waals surface area contributed by atoms with Crippen LogP contribution >= 0.6 is 11.3 Å². The van der Waals surface area contributed by atoms with Gasteiger partial charge in [0.2, 0.25) is 0 Å². The topological polar surface area (TPSA) is 76.6 Å². The van der Waals surface area contributed by atoms with Gasteiger partial charge in [-0.25, -0.2) is 4.98 Å². The summed E-state index contributed by atoms with van der Waals surface area (Å²) in [5.41, 5.74) is 0.806. The molecule has 3 aromatic rings. The van der Waals surface area contributed by atoms with Gasteiger partial charge in [0.15, 0.2) is 4.96 Å². The molecule has 0 saturated carbocycles. The second kappa shape index (κ2) is 5.66. The van der Waals surface area contributed by atoms with Crippen LogP contribution in [0, 0.1) is 0 Å². The predicted molar refractivity (Wildman–Crippen MR) is 85.9 cm³/mol. The normalized spacial score (nSPS) is 13.9. The number of nitrogens with zero attached hydrogens (tertiary/aromatic N) is 2. The highest BCUT2D eigenvalue weighted by Crippen LogP contribution is 2.28. The lowest BCUT2D eigenvalue weighted by atomic mass is 10.0. The summed E-state index contributed by atoms with van der Waals surface area (Å²) in [6.45, 7) is 0.246. The van der Waals surface area contributed by atoms with Gasteiger partial charge in [-0.3, -0.25) is 14.0 Å². The molecule has 3 heterocycles. The van der Waals surface area contributed by atoms with E-state index in [1.165, 1.54) is 11.1 Å². The van der Waals surface area contributed by atoms with Gasteiger partial charge in [-0.15, -0.1) is 11.3 Å². The predicted octanol–water partition coefficient (Wildman–Crippen LogP) is 2.16. The van der Waals surface area contributed by atoms with Crippen LogP contribution in [0.1, 0.15) is 39.5 Å². The van der Waals surface area contributed by atoms with Crippen LogP contribution in [0.15, 0.2) is 33.8 Å². The van der Waals surface area contributed by atoms with Crippen molar-refractivity contribution in [3.05, 3.63) is 56.8 Å². The number of amides is 1. The molecule has 0 aliphatic heterocycles. The molecule has 0 saturated heterocycles. The Morgan fingerprint density at radius 1 is 1.39 bits per heavy atom. The lowest BCUT2D eigenvalue weighted by Crippen LogP contribution is -2.31. The largest absolute Gasteiger partial charge is 0.467 e. The highest BCUT2D eigenvalue weighted by molar-refractivity contribution is 7.17. The average molecular weight is 329 g/mol. The number of hydrogen-bond acceptors (Lipinski definition) is 5. The summed E-state index contributed by atoms with van der Waals surface area (Å²) in [5.74, 6) is 0.212. The van der Waals surface area contributed by atoms with Gasteiger partial charge >= 0.3 is 0 Å². The summed E-state index contributed by atoms with van der Waals surface area (Å²) in [6, 6.07) is 3.52. The Bertz CT molecular complexity index is 924. The van der Waals surface area contributed by atoms with E-state index in [4.69, 9.17) is 4.42 Å². The van der Waals surface area contributed by atoms with E-state index in [-0.39, 0.29) is 17.7 Å². The van der Waals surface area contributed by atoms with Crippen molar-refractivity contribution in [1.29, 1.82) is 0 Å². The molecule has 1 aliphatic rings. The fourth-order valence-corrected chi connectivity index (χ4v) is 4.07. The third kappa shape index (κ3) is 2.46. The number of aryl methyl sites for hydroxylation is 2. The van der Waals surface area contributed by atoms with E-state index >= 15 is 0 Å². The quantitative estimate of drug-likeness (QED) is 0.799. The van der Waals surface area contributed by atoms with Crippen molar-refractivity contribution in [1.82, 2.24) is 14.7 Å². The Morgan fingerprint density at radius 2 is 2.26 bits per heavy atom. The van der Waals surface area contributed by atoms with Gasteiger partial charge in [-0.2, -0.15) is 0 Å². The number of hydrogen-bond donors (Lipinski definition) is 1. The van der Waals surface area contributed by atoms with Gasteiger partial charge < -0.3 is 9.73 Å². The maximum atomic E-state index is 12.7. The summed E-state index contributed by atoms with van der Waals surface area (Å²) in [6.07, 6.45) is 6.99. The van der Waals surface area contributed by atoms with Crippen molar-refractivity contribution in [2.75, 3.05) is 0 Å². The summed E-state index contributed by atoms with van der Waals surface area (Å²) in [7, 11) is 0. The minimum Gasteiger partial charge on any atom is -0.467 e. The van der Waals surface area contributed by atoms with E-state index < -0.39 is 5.91 Å². The molecule has 0 fully saturated rings. The Balaban J connectivity index is 1.68. The van der Waals surface area contributed by atoms with Gasteiger partial charge in [-0.05, 0) is 37.8 Å². The molecule has 0 radical (unpaired) electrons. The highest BCUT2D eigenvalue weighted by Gasteiger charge is 2.21. The second-order valence-electron chi connectivity index (χ2n) is 5.54. The summed E-state index contributed by atoms with van der Waals surface area (Å²) < 4.78 is 6.78. The number of carbonyl (C=O) groups is 1. The van der Waals surface area contributed by atoms with Crippen molar-refractivity contribution in [2.24, 2.45) is 0 Å². The number of rotatable bonds is 3. The fourth-order valence-electron chi connectivity index (χ4n) is 2.90. The molecule has 6 nitrogen and oxygen atoms in total. The minimum absolute atomic E-state index is 0.0697. The smallest absolute Gasteiger partial charge is 0.271 e. The lowest BCUT2D eigenvalue weighted by molar-refractivity contribution is 0.0946. The van der Waals surface area contributed by atoms with Crippen LogP contribution in [0.2, 0.25) is 0 Å². The standard InChI is InChI=1S/C16H15N3O3S/c20-14(17-8-10-4-3-7-22-10)11-9-18-16-19(15(11)21)12-5-1-2-6-13(12)23-16/h3-4,7,9H,1-2,5-6,8H2,(H,17,20). The van der Waals surface area contributed by atoms with Crippen LogP contribution in [-0.4, -0.2) is 15.3 Å². The maximum absolute atomic E-state index is 12.7. The molecule has 118 valence electrons. The molecule has 0 aromatic carbocycles. The second-order valence-corrected chi connectivity index (χ2v) is 6.60. The zero-order chi connectivity index (χ0) is 15.8. The Kier molecular flexibility index (Phi) is 3.49. The van der Waals surface area contributed by atoms with E-state index in [0.717, 1.165) is 31.4 Å². The number of thiazole rings is 1. The van der Waals surface area contributed by atoms with Gasteiger partial charge in [0, 0.05) is 16.8 Å². The number of aromatic nitrogens is 2. The van der Waals surface area contributed by atoms with Crippen LogP contribution in [0.3, 0.4) is 0 Å². The first-order valence-corrected chi connectivity index (χ1v) is 8.38. The van der Waals surface area contributed by atoms with Crippen LogP contribution in [-0.2, 0) is 19.4 Å². The third-order valence-electron chi connectivity index (χ3n) is 4.05. The fraction of sp³-hybridized carbons (Fsp3) is 0.312. The van der Waals surface area contributed by atoms with Crippen LogP contribution in [0.5, 0.6) is 0 Å². The van der Waals surface area contributed by atoms with Crippen molar-refractivity contribution in [3.8, 4) is 0 Å². The molecule has 7 heteroatoms. The van der Waals surface area contributed by atoms with Crippen LogP contribution in [0.4, 0.5) is 0 Å². The first-order valence-electron chi connectivity index (χ1n) is 7.57. The van der Waals surface area contributed by atoms with Crippen LogP contribution in [0.25, 0.3) is 4.96 Å². The third-order valence-corrected chi connectivity index (χ3v) is 5.21. The molecule has 4 rings (SSSR count). The molecular formula is C16H15N3O3S.